The molecule has 0 saturated carbocycles. The first-order valence-electron chi connectivity index (χ1n) is 5.66. The normalized spacial score (nSPS) is 10.4. The van der Waals surface area contributed by atoms with E-state index in [0.717, 1.165) is 12.1 Å². The average Bonchev–Trinajstić information content (AvgIpc) is 2.33. The number of hydrogen-bond acceptors (Lipinski definition) is 4. The third-order valence-electron chi connectivity index (χ3n) is 2.42. The molecular formula is C13H14ClN3O. The highest BCUT2D eigenvalue weighted by atomic mass is 35.5. The van der Waals surface area contributed by atoms with Crippen molar-refractivity contribution >= 4 is 17.3 Å². The number of ether oxygens (including phenoxy) is 1. The van der Waals surface area contributed by atoms with Crippen LogP contribution in [0.2, 0.25) is 5.02 Å². The Balaban J connectivity index is 2.33. The van der Waals surface area contributed by atoms with Crippen LogP contribution in [-0.4, -0.2) is 9.97 Å². The van der Waals surface area contributed by atoms with Crippen molar-refractivity contribution in [1.82, 2.24) is 9.97 Å². The number of nitrogens with two attached hydrogens (primary N) is 1. The van der Waals surface area contributed by atoms with E-state index >= 15 is 0 Å². The Morgan fingerprint density at radius 2 is 2.06 bits per heavy atom. The van der Waals surface area contributed by atoms with Gasteiger partial charge in [0.15, 0.2) is 5.75 Å². The molecule has 1 heterocycles. The minimum absolute atomic E-state index is 0.480. The number of benzene rings is 1. The lowest BCUT2D eigenvalue weighted by atomic mass is 10.3. The third-order valence-corrected chi connectivity index (χ3v) is 2.65. The van der Waals surface area contributed by atoms with Gasteiger partial charge < -0.3 is 10.5 Å². The fraction of sp³-hybridized carbons (Fsp3) is 0.231. The number of nitrogen functional groups attached to an aromatic ring is 1. The fourth-order valence-corrected chi connectivity index (χ4v) is 1.70. The van der Waals surface area contributed by atoms with Gasteiger partial charge in [-0.3, -0.25) is 0 Å². The van der Waals surface area contributed by atoms with Crippen LogP contribution < -0.4 is 10.5 Å². The standard InChI is InChI=1S/C13H14ClN3O/c1-3-10-7-13(17-8(2)16-10)18-12-6-9(14)4-5-11(12)15/h4-7H,3,15H2,1-2H3. The van der Waals surface area contributed by atoms with Crippen molar-refractivity contribution in [2.45, 2.75) is 20.3 Å². The van der Waals surface area contributed by atoms with Gasteiger partial charge in [-0.05, 0) is 25.5 Å². The predicted molar refractivity (Wildman–Crippen MR) is 72.1 cm³/mol. The van der Waals surface area contributed by atoms with E-state index in [-0.39, 0.29) is 0 Å². The highest BCUT2D eigenvalue weighted by Crippen LogP contribution is 2.29. The van der Waals surface area contributed by atoms with E-state index in [9.17, 15) is 0 Å². The summed E-state index contributed by atoms with van der Waals surface area (Å²) in [5.74, 6) is 1.65. The molecule has 0 aliphatic carbocycles. The van der Waals surface area contributed by atoms with Crippen LogP contribution >= 0.6 is 11.6 Å². The van der Waals surface area contributed by atoms with E-state index in [0.29, 0.717) is 28.2 Å². The Morgan fingerprint density at radius 1 is 1.28 bits per heavy atom. The quantitative estimate of drug-likeness (QED) is 0.863. The molecule has 0 bridgehead atoms. The Labute approximate surface area is 111 Å². The van der Waals surface area contributed by atoms with Crippen LogP contribution in [0.3, 0.4) is 0 Å². The van der Waals surface area contributed by atoms with Gasteiger partial charge in [-0.15, -0.1) is 0 Å². The van der Waals surface area contributed by atoms with E-state index in [1.54, 1.807) is 24.3 Å². The smallest absolute Gasteiger partial charge is 0.222 e. The van der Waals surface area contributed by atoms with Gasteiger partial charge in [0.25, 0.3) is 0 Å². The highest BCUT2D eigenvalue weighted by Gasteiger charge is 2.06. The van der Waals surface area contributed by atoms with E-state index in [1.807, 2.05) is 13.8 Å². The summed E-state index contributed by atoms with van der Waals surface area (Å²) >= 11 is 5.90. The summed E-state index contributed by atoms with van der Waals surface area (Å²) in [5.41, 5.74) is 7.27. The van der Waals surface area contributed by atoms with Gasteiger partial charge >= 0.3 is 0 Å². The van der Waals surface area contributed by atoms with E-state index < -0.39 is 0 Å². The number of nitrogens with zero attached hydrogens (tertiary/aromatic N) is 2. The van der Waals surface area contributed by atoms with Crippen LogP contribution in [0.5, 0.6) is 11.6 Å². The molecule has 18 heavy (non-hydrogen) atoms. The van der Waals surface area contributed by atoms with Gasteiger partial charge in [0, 0.05) is 22.8 Å². The molecule has 2 N–H and O–H groups in total. The zero-order valence-electron chi connectivity index (χ0n) is 10.3. The molecule has 0 aliphatic heterocycles. The number of anilines is 1. The summed E-state index contributed by atoms with van der Waals surface area (Å²) in [7, 11) is 0. The van der Waals surface area contributed by atoms with Crippen LogP contribution in [0.25, 0.3) is 0 Å². The van der Waals surface area contributed by atoms with Crippen molar-refractivity contribution < 1.29 is 4.74 Å². The Hall–Kier alpha value is -1.81. The first-order chi connectivity index (χ1) is 8.58. The molecule has 1 aromatic heterocycles. The lowest BCUT2D eigenvalue weighted by Gasteiger charge is -2.09. The lowest BCUT2D eigenvalue weighted by Crippen LogP contribution is -1.98. The molecule has 94 valence electrons. The summed E-state index contributed by atoms with van der Waals surface area (Å²) in [6, 6.07) is 6.88. The first-order valence-corrected chi connectivity index (χ1v) is 6.03. The van der Waals surface area contributed by atoms with Crippen molar-refractivity contribution in [3.05, 3.63) is 40.8 Å². The number of rotatable bonds is 3. The van der Waals surface area contributed by atoms with Crippen LogP contribution in [0.1, 0.15) is 18.4 Å². The van der Waals surface area contributed by atoms with E-state index in [1.165, 1.54) is 0 Å². The minimum Gasteiger partial charge on any atom is -0.437 e. The largest absolute Gasteiger partial charge is 0.437 e. The van der Waals surface area contributed by atoms with Gasteiger partial charge in [-0.1, -0.05) is 18.5 Å². The molecule has 0 unspecified atom stereocenters. The van der Waals surface area contributed by atoms with Crippen molar-refractivity contribution in [1.29, 1.82) is 0 Å². The minimum atomic E-state index is 0.480. The third kappa shape index (κ3) is 2.90. The van der Waals surface area contributed by atoms with Gasteiger partial charge in [-0.25, -0.2) is 4.98 Å². The van der Waals surface area contributed by atoms with Crippen molar-refractivity contribution in [2.24, 2.45) is 0 Å². The molecule has 5 heteroatoms. The van der Waals surface area contributed by atoms with Crippen molar-refractivity contribution in [3.63, 3.8) is 0 Å². The van der Waals surface area contributed by atoms with Gasteiger partial charge in [0.1, 0.15) is 5.82 Å². The molecule has 0 radical (unpaired) electrons. The molecule has 2 rings (SSSR count). The molecule has 0 fully saturated rings. The maximum absolute atomic E-state index is 5.90. The zero-order valence-corrected chi connectivity index (χ0v) is 11.0. The van der Waals surface area contributed by atoms with Crippen molar-refractivity contribution in [2.75, 3.05) is 5.73 Å². The molecule has 4 nitrogen and oxygen atoms in total. The fourth-order valence-electron chi connectivity index (χ4n) is 1.54. The van der Waals surface area contributed by atoms with E-state index in [2.05, 4.69) is 9.97 Å². The molecule has 2 aromatic rings. The number of halogens is 1. The molecule has 0 spiro atoms. The monoisotopic (exact) mass is 263 g/mol. The first kappa shape index (κ1) is 12.6. The number of hydrogen-bond donors (Lipinski definition) is 1. The van der Waals surface area contributed by atoms with Gasteiger partial charge in [0.2, 0.25) is 5.88 Å². The molecule has 1 aromatic carbocycles. The lowest BCUT2D eigenvalue weighted by molar-refractivity contribution is 0.460. The maximum Gasteiger partial charge on any atom is 0.222 e. The molecule has 0 amide bonds. The van der Waals surface area contributed by atoms with Gasteiger partial charge in [0.05, 0.1) is 5.69 Å². The zero-order chi connectivity index (χ0) is 13.1. The maximum atomic E-state index is 5.90. The molecule has 0 atom stereocenters. The van der Waals surface area contributed by atoms with Crippen LogP contribution in [0.15, 0.2) is 24.3 Å². The Bertz CT molecular complexity index is 572. The molecule has 0 aliphatic rings. The summed E-state index contributed by atoms with van der Waals surface area (Å²) in [4.78, 5) is 8.50. The predicted octanol–water partition coefficient (Wildman–Crippen LogP) is 3.38. The van der Waals surface area contributed by atoms with Crippen molar-refractivity contribution in [3.8, 4) is 11.6 Å². The summed E-state index contributed by atoms with van der Waals surface area (Å²) in [5, 5.41) is 0.570. The highest BCUT2D eigenvalue weighted by molar-refractivity contribution is 6.30. The number of aryl methyl sites for hydroxylation is 2. The SMILES string of the molecule is CCc1cc(Oc2cc(Cl)ccc2N)nc(C)n1. The van der Waals surface area contributed by atoms with Gasteiger partial charge in [-0.2, -0.15) is 4.98 Å². The number of aromatic nitrogens is 2. The molecule has 0 saturated heterocycles. The van der Waals surface area contributed by atoms with Crippen LogP contribution in [0, 0.1) is 6.92 Å². The summed E-state index contributed by atoms with van der Waals surface area (Å²) < 4.78 is 5.65. The van der Waals surface area contributed by atoms with Crippen LogP contribution in [0.4, 0.5) is 5.69 Å². The Morgan fingerprint density at radius 3 is 2.78 bits per heavy atom. The average molecular weight is 264 g/mol. The second-order valence-electron chi connectivity index (χ2n) is 3.88. The second-order valence-corrected chi connectivity index (χ2v) is 4.32. The topological polar surface area (TPSA) is 61.0 Å². The van der Waals surface area contributed by atoms with E-state index in [4.69, 9.17) is 22.1 Å². The second kappa shape index (κ2) is 5.23. The molecular weight excluding hydrogens is 250 g/mol. The summed E-state index contributed by atoms with van der Waals surface area (Å²) in [6.45, 7) is 3.85. The Kier molecular flexibility index (Phi) is 3.67. The van der Waals surface area contributed by atoms with Crippen LogP contribution in [-0.2, 0) is 6.42 Å². The summed E-state index contributed by atoms with van der Waals surface area (Å²) in [6.07, 6.45) is 0.824.